The first kappa shape index (κ1) is 17.6. The lowest BCUT2D eigenvalue weighted by atomic mass is 10.1. The van der Waals surface area contributed by atoms with Crippen LogP contribution in [0.3, 0.4) is 0 Å². The maximum absolute atomic E-state index is 12.3. The molecule has 2 aliphatic rings. The van der Waals surface area contributed by atoms with Gasteiger partial charge in [0.2, 0.25) is 0 Å². The number of nitrogens with zero attached hydrogens (tertiary/aromatic N) is 1. The van der Waals surface area contributed by atoms with E-state index >= 15 is 0 Å². The second-order valence-electron chi connectivity index (χ2n) is 7.33. The number of thioether (sulfide) groups is 1. The number of hydrogen-bond acceptors (Lipinski definition) is 5. The number of hydrogen-bond donors (Lipinski definition) is 1. The van der Waals surface area contributed by atoms with Crippen LogP contribution >= 0.6 is 11.8 Å². The van der Waals surface area contributed by atoms with Crippen molar-refractivity contribution in [2.75, 3.05) is 26.0 Å². The van der Waals surface area contributed by atoms with Crippen LogP contribution in [0.4, 0.5) is 4.79 Å². The second kappa shape index (κ2) is 6.94. The van der Waals surface area contributed by atoms with Crippen LogP contribution in [0.1, 0.15) is 32.4 Å². The van der Waals surface area contributed by atoms with Gasteiger partial charge in [-0.25, -0.2) is 4.79 Å². The summed E-state index contributed by atoms with van der Waals surface area (Å²) in [7, 11) is 1.70. The van der Waals surface area contributed by atoms with Crippen molar-refractivity contribution in [2.24, 2.45) is 0 Å². The fourth-order valence-corrected chi connectivity index (χ4v) is 4.38. The minimum Gasteiger partial charge on any atom is -0.444 e. The van der Waals surface area contributed by atoms with Crippen molar-refractivity contribution in [3.63, 3.8) is 0 Å². The molecule has 24 heavy (non-hydrogen) atoms. The Labute approximate surface area is 148 Å². The van der Waals surface area contributed by atoms with Gasteiger partial charge < -0.3 is 19.7 Å². The van der Waals surface area contributed by atoms with Gasteiger partial charge in [-0.3, -0.25) is 0 Å². The highest BCUT2D eigenvalue weighted by molar-refractivity contribution is 7.99. The molecule has 5 nitrogen and oxygen atoms in total. The van der Waals surface area contributed by atoms with Crippen LogP contribution in [0.15, 0.2) is 29.2 Å². The molecule has 1 aromatic rings. The van der Waals surface area contributed by atoms with E-state index in [0.717, 1.165) is 5.75 Å². The van der Waals surface area contributed by atoms with Crippen molar-refractivity contribution >= 4 is 17.9 Å². The third kappa shape index (κ3) is 3.87. The van der Waals surface area contributed by atoms with E-state index in [1.807, 2.05) is 32.5 Å². The van der Waals surface area contributed by atoms with Crippen LogP contribution in [0.2, 0.25) is 0 Å². The van der Waals surface area contributed by atoms with Gasteiger partial charge in [0.1, 0.15) is 5.60 Å². The molecule has 0 aliphatic carbocycles. The van der Waals surface area contributed by atoms with E-state index in [0.29, 0.717) is 19.1 Å². The van der Waals surface area contributed by atoms with Crippen molar-refractivity contribution < 1.29 is 14.3 Å². The van der Waals surface area contributed by atoms with Crippen LogP contribution in [0.5, 0.6) is 0 Å². The predicted octanol–water partition coefficient (Wildman–Crippen LogP) is 3.06. The molecule has 0 bridgehead atoms. The summed E-state index contributed by atoms with van der Waals surface area (Å²) in [5, 5.41) is 3.69. The standard InChI is InChI=1S/C18H26N2O3S/c1-18(2,3)23-17(21)20-9-13(15(10-20)22-4)19-14-11-24-16-8-6-5-7-12(14)16/h5-8,13-15,19H,9-11H2,1-4H3/t13?,14?,15-/m0/s1. The molecule has 0 radical (unpaired) electrons. The first-order valence-electron chi connectivity index (χ1n) is 8.36. The molecule has 1 aromatic carbocycles. The fourth-order valence-electron chi connectivity index (χ4n) is 3.21. The smallest absolute Gasteiger partial charge is 0.410 e. The van der Waals surface area contributed by atoms with Crippen molar-refractivity contribution in [1.82, 2.24) is 10.2 Å². The Kier molecular flexibility index (Phi) is 5.08. The summed E-state index contributed by atoms with van der Waals surface area (Å²) < 4.78 is 11.1. The quantitative estimate of drug-likeness (QED) is 0.908. The third-order valence-electron chi connectivity index (χ3n) is 4.34. The summed E-state index contributed by atoms with van der Waals surface area (Å²) in [6.07, 6.45) is -0.287. The monoisotopic (exact) mass is 350 g/mol. The van der Waals surface area contributed by atoms with Gasteiger partial charge in [0.15, 0.2) is 0 Å². The molecular weight excluding hydrogens is 324 g/mol. The highest BCUT2D eigenvalue weighted by Crippen LogP contribution is 2.38. The molecule has 2 heterocycles. The van der Waals surface area contributed by atoms with E-state index in [-0.39, 0.29) is 18.2 Å². The van der Waals surface area contributed by atoms with Gasteiger partial charge >= 0.3 is 6.09 Å². The number of ether oxygens (including phenoxy) is 2. The predicted molar refractivity (Wildman–Crippen MR) is 95.4 cm³/mol. The number of methoxy groups -OCH3 is 1. The Bertz CT molecular complexity index is 602. The molecule has 2 unspecified atom stereocenters. The molecule has 6 heteroatoms. The third-order valence-corrected chi connectivity index (χ3v) is 5.52. The summed E-state index contributed by atoms with van der Waals surface area (Å²) in [5.74, 6) is 1.01. The number of carbonyl (C=O) groups is 1. The zero-order valence-corrected chi connectivity index (χ0v) is 15.6. The topological polar surface area (TPSA) is 50.8 Å². The molecule has 0 spiro atoms. The fraction of sp³-hybridized carbons (Fsp3) is 0.611. The van der Waals surface area contributed by atoms with Crippen LogP contribution < -0.4 is 5.32 Å². The minimum atomic E-state index is -0.480. The van der Waals surface area contributed by atoms with Crippen molar-refractivity contribution in [3.05, 3.63) is 29.8 Å². The van der Waals surface area contributed by atoms with Crippen LogP contribution in [0, 0.1) is 0 Å². The lowest BCUT2D eigenvalue weighted by Gasteiger charge is -2.24. The lowest BCUT2D eigenvalue weighted by molar-refractivity contribution is 0.0252. The first-order chi connectivity index (χ1) is 11.4. The SMILES string of the molecule is CO[C@H]1CN(C(=O)OC(C)(C)C)CC1NC1CSc2ccccc21. The van der Waals surface area contributed by atoms with Gasteiger partial charge in [-0.05, 0) is 32.4 Å². The van der Waals surface area contributed by atoms with E-state index in [9.17, 15) is 4.79 Å². The average Bonchev–Trinajstić information content (AvgIpc) is 3.11. The average molecular weight is 350 g/mol. The van der Waals surface area contributed by atoms with Crippen LogP contribution in [-0.4, -0.2) is 54.7 Å². The zero-order chi connectivity index (χ0) is 17.3. The number of fused-ring (bicyclic) bond motifs is 1. The van der Waals surface area contributed by atoms with Crippen molar-refractivity contribution in [2.45, 2.75) is 49.5 Å². The molecule has 1 amide bonds. The van der Waals surface area contributed by atoms with E-state index in [1.54, 1.807) is 12.0 Å². The van der Waals surface area contributed by atoms with Crippen LogP contribution in [-0.2, 0) is 9.47 Å². The van der Waals surface area contributed by atoms with Crippen molar-refractivity contribution in [3.8, 4) is 0 Å². The maximum Gasteiger partial charge on any atom is 0.410 e. The lowest BCUT2D eigenvalue weighted by Crippen LogP contribution is -2.42. The van der Waals surface area contributed by atoms with Gasteiger partial charge in [0.25, 0.3) is 0 Å². The second-order valence-corrected chi connectivity index (χ2v) is 8.40. The first-order valence-corrected chi connectivity index (χ1v) is 9.34. The van der Waals surface area contributed by atoms with Crippen LogP contribution in [0.25, 0.3) is 0 Å². The number of benzene rings is 1. The molecule has 132 valence electrons. The molecule has 3 rings (SSSR count). The summed E-state index contributed by atoms with van der Waals surface area (Å²) >= 11 is 1.87. The molecule has 1 N–H and O–H groups in total. The normalized spacial score (nSPS) is 26.5. The molecule has 2 aliphatic heterocycles. The van der Waals surface area contributed by atoms with E-state index in [2.05, 4.69) is 29.6 Å². The largest absolute Gasteiger partial charge is 0.444 e. The Morgan fingerprint density at radius 3 is 2.75 bits per heavy atom. The highest BCUT2D eigenvalue weighted by Gasteiger charge is 2.39. The van der Waals surface area contributed by atoms with Gasteiger partial charge in [-0.15, -0.1) is 11.8 Å². The number of carbonyl (C=O) groups excluding carboxylic acids is 1. The Hall–Kier alpha value is -1.24. The number of rotatable bonds is 3. The summed E-state index contributed by atoms with van der Waals surface area (Å²) in [5.41, 5.74) is 0.861. The molecule has 1 saturated heterocycles. The van der Waals surface area contributed by atoms with Gasteiger partial charge in [-0.2, -0.15) is 0 Å². The Balaban J connectivity index is 1.65. The Morgan fingerprint density at radius 2 is 2.04 bits per heavy atom. The van der Waals surface area contributed by atoms with E-state index < -0.39 is 5.60 Å². The summed E-state index contributed by atoms with van der Waals surface area (Å²) in [4.78, 5) is 15.4. The number of nitrogens with one attached hydrogen (secondary N) is 1. The van der Waals surface area contributed by atoms with Gasteiger partial charge in [0, 0.05) is 30.3 Å². The molecule has 3 atom stereocenters. The van der Waals surface area contributed by atoms with E-state index in [4.69, 9.17) is 9.47 Å². The number of amides is 1. The number of likely N-dealkylation sites (tertiary alicyclic amines) is 1. The van der Waals surface area contributed by atoms with Gasteiger partial charge in [-0.1, -0.05) is 18.2 Å². The minimum absolute atomic E-state index is 0.0183. The van der Waals surface area contributed by atoms with Gasteiger partial charge in [0.05, 0.1) is 18.7 Å². The maximum atomic E-state index is 12.3. The molecule has 1 fully saturated rings. The van der Waals surface area contributed by atoms with Crippen molar-refractivity contribution in [1.29, 1.82) is 0 Å². The molecule has 0 aromatic heterocycles. The Morgan fingerprint density at radius 1 is 1.29 bits per heavy atom. The molecule has 0 saturated carbocycles. The zero-order valence-electron chi connectivity index (χ0n) is 14.7. The highest BCUT2D eigenvalue weighted by atomic mass is 32.2. The summed E-state index contributed by atoms with van der Waals surface area (Å²) in [6.45, 7) is 6.83. The summed E-state index contributed by atoms with van der Waals surface area (Å²) in [6, 6.07) is 8.90. The van der Waals surface area contributed by atoms with E-state index in [1.165, 1.54) is 10.5 Å². The molecular formula is C18H26N2O3S.